The Labute approximate surface area is 174 Å². The maximum absolute atomic E-state index is 6.86. The summed E-state index contributed by atoms with van der Waals surface area (Å²) in [7, 11) is 0. The largest absolute Gasteiger partial charge is 0.479 e. The van der Waals surface area contributed by atoms with Crippen molar-refractivity contribution < 1.29 is 13.7 Å². The van der Waals surface area contributed by atoms with E-state index in [0.29, 0.717) is 0 Å². The molecular formula is C26H34NO2+. The number of para-hydroxylation sites is 2. The van der Waals surface area contributed by atoms with Crippen LogP contribution in [-0.4, -0.2) is 5.60 Å². The lowest BCUT2D eigenvalue weighted by Gasteiger charge is -2.39. The Morgan fingerprint density at radius 1 is 0.931 bits per heavy atom. The molecule has 0 spiro atoms. The molecule has 0 fully saturated rings. The van der Waals surface area contributed by atoms with Gasteiger partial charge in [0.1, 0.15) is 11.3 Å². The second kappa shape index (κ2) is 7.51. The van der Waals surface area contributed by atoms with Crippen LogP contribution >= 0.6 is 0 Å². The van der Waals surface area contributed by atoms with E-state index in [1.165, 1.54) is 24.8 Å². The Morgan fingerprint density at radius 3 is 2.45 bits per heavy atom. The number of rotatable bonds is 6. The van der Waals surface area contributed by atoms with Crippen LogP contribution in [0.25, 0.3) is 22.6 Å². The molecule has 0 bridgehead atoms. The van der Waals surface area contributed by atoms with Gasteiger partial charge in [-0.3, -0.25) is 0 Å². The average Bonchev–Trinajstić information content (AvgIpc) is 3.10. The van der Waals surface area contributed by atoms with Gasteiger partial charge in [-0.2, -0.15) is 0 Å². The van der Waals surface area contributed by atoms with Gasteiger partial charge >= 0.3 is 5.89 Å². The number of aromatic nitrogens is 1. The first kappa shape index (κ1) is 20.0. The highest BCUT2D eigenvalue weighted by atomic mass is 16.5. The van der Waals surface area contributed by atoms with Gasteiger partial charge in [-0.1, -0.05) is 51.8 Å². The molecule has 1 aromatic heterocycles. The Hall–Kier alpha value is -2.29. The molecule has 1 aliphatic rings. The van der Waals surface area contributed by atoms with Crippen molar-refractivity contribution in [3.63, 3.8) is 0 Å². The molecule has 0 radical (unpaired) electrons. The molecule has 3 aromatic rings. The van der Waals surface area contributed by atoms with Crippen molar-refractivity contribution >= 4 is 11.1 Å². The number of unbranched alkanes of at least 4 members (excludes halogenated alkanes) is 2. The number of oxazole rings is 1. The number of nitrogens with zero attached hydrogens (tertiary/aromatic N) is 1. The molecule has 0 saturated heterocycles. The third-order valence-electron chi connectivity index (χ3n) is 7.19. The highest BCUT2D eigenvalue weighted by Gasteiger charge is 2.58. The molecule has 2 aromatic carbocycles. The normalized spacial score (nSPS) is 23.3. The van der Waals surface area contributed by atoms with Crippen LogP contribution in [0.3, 0.4) is 0 Å². The standard InChI is InChI=1S/C26H34NO2/c1-6-9-10-13-19-16-17-20-23(18-19)29-26(5,8-3)25(4,7-2)27-21-14-11-12-15-22(21)28-24(20)27/h11-12,14-18H,6-10,13H2,1-5H3/q+1. The van der Waals surface area contributed by atoms with Crippen LogP contribution in [0.15, 0.2) is 46.9 Å². The van der Waals surface area contributed by atoms with Crippen LogP contribution < -0.4 is 9.30 Å². The minimum Gasteiger partial charge on any atom is -0.479 e. The zero-order chi connectivity index (χ0) is 20.6. The van der Waals surface area contributed by atoms with Gasteiger partial charge in [-0.15, -0.1) is 4.57 Å². The van der Waals surface area contributed by atoms with Gasteiger partial charge < -0.3 is 9.15 Å². The van der Waals surface area contributed by atoms with E-state index < -0.39 is 0 Å². The van der Waals surface area contributed by atoms with Crippen LogP contribution in [-0.2, 0) is 12.0 Å². The summed E-state index contributed by atoms with van der Waals surface area (Å²) in [6.07, 6.45) is 6.69. The first-order valence-corrected chi connectivity index (χ1v) is 11.2. The summed E-state index contributed by atoms with van der Waals surface area (Å²) in [6, 6.07) is 15.1. The van der Waals surface area contributed by atoms with Gasteiger partial charge in [0.05, 0.1) is 0 Å². The number of benzene rings is 2. The van der Waals surface area contributed by atoms with Gasteiger partial charge in [0.2, 0.25) is 11.1 Å². The third kappa shape index (κ3) is 3.06. The number of ether oxygens (including phenoxy) is 1. The fourth-order valence-corrected chi connectivity index (χ4v) is 4.79. The van der Waals surface area contributed by atoms with Gasteiger partial charge in [-0.05, 0) is 49.9 Å². The van der Waals surface area contributed by atoms with Crippen molar-refractivity contribution in [3.05, 3.63) is 48.0 Å². The summed E-state index contributed by atoms with van der Waals surface area (Å²) >= 11 is 0. The predicted molar refractivity (Wildman–Crippen MR) is 118 cm³/mol. The van der Waals surface area contributed by atoms with E-state index in [9.17, 15) is 0 Å². The number of fused-ring (bicyclic) bond motifs is 5. The minimum atomic E-state index is -0.346. The van der Waals surface area contributed by atoms with Gasteiger partial charge in [0, 0.05) is 19.4 Å². The van der Waals surface area contributed by atoms with E-state index in [-0.39, 0.29) is 11.1 Å². The number of aryl methyl sites for hydroxylation is 1. The topological polar surface area (TPSA) is 26.2 Å². The first-order valence-electron chi connectivity index (χ1n) is 11.2. The molecule has 2 unspecified atom stereocenters. The van der Waals surface area contributed by atoms with E-state index >= 15 is 0 Å². The molecule has 0 saturated carbocycles. The molecule has 0 aliphatic carbocycles. The van der Waals surface area contributed by atoms with E-state index in [2.05, 4.69) is 75.6 Å². The lowest BCUT2D eigenvalue weighted by molar-refractivity contribution is -0.746. The monoisotopic (exact) mass is 392 g/mol. The molecule has 0 amide bonds. The van der Waals surface area contributed by atoms with Crippen LogP contribution in [0.4, 0.5) is 0 Å². The molecule has 29 heavy (non-hydrogen) atoms. The van der Waals surface area contributed by atoms with E-state index in [0.717, 1.165) is 47.6 Å². The minimum absolute atomic E-state index is 0.231. The quantitative estimate of drug-likeness (QED) is 0.340. The molecular weight excluding hydrogens is 358 g/mol. The second-order valence-electron chi connectivity index (χ2n) is 8.81. The Morgan fingerprint density at radius 2 is 1.72 bits per heavy atom. The molecule has 4 rings (SSSR count). The zero-order valence-electron chi connectivity index (χ0n) is 18.5. The van der Waals surface area contributed by atoms with E-state index in [1.807, 2.05) is 6.07 Å². The highest BCUT2D eigenvalue weighted by molar-refractivity contribution is 5.73. The predicted octanol–water partition coefficient (Wildman–Crippen LogP) is 6.81. The van der Waals surface area contributed by atoms with E-state index in [4.69, 9.17) is 9.15 Å². The van der Waals surface area contributed by atoms with Crippen molar-refractivity contribution in [1.82, 2.24) is 0 Å². The molecule has 154 valence electrons. The molecule has 2 atom stereocenters. The van der Waals surface area contributed by atoms with Crippen molar-refractivity contribution in [2.75, 3.05) is 0 Å². The molecule has 0 N–H and O–H groups in total. The Bertz CT molecular complexity index is 1020. The zero-order valence-corrected chi connectivity index (χ0v) is 18.5. The summed E-state index contributed by atoms with van der Waals surface area (Å²) in [4.78, 5) is 0. The number of hydrogen-bond acceptors (Lipinski definition) is 2. The van der Waals surface area contributed by atoms with Crippen LogP contribution in [0, 0.1) is 0 Å². The molecule has 1 aliphatic heterocycles. The average molecular weight is 393 g/mol. The maximum atomic E-state index is 6.86. The maximum Gasteiger partial charge on any atom is 0.386 e. The van der Waals surface area contributed by atoms with Crippen molar-refractivity contribution in [3.8, 4) is 17.2 Å². The summed E-state index contributed by atoms with van der Waals surface area (Å²) in [5.74, 6) is 1.86. The second-order valence-corrected chi connectivity index (χ2v) is 8.81. The van der Waals surface area contributed by atoms with Gasteiger partial charge in [0.25, 0.3) is 5.52 Å². The van der Waals surface area contributed by atoms with E-state index in [1.54, 1.807) is 0 Å². The fraction of sp³-hybridized carbons (Fsp3) is 0.500. The third-order valence-corrected chi connectivity index (χ3v) is 7.19. The van der Waals surface area contributed by atoms with Crippen molar-refractivity contribution in [2.45, 2.75) is 84.3 Å². The number of hydrogen-bond donors (Lipinski definition) is 0. The lowest BCUT2D eigenvalue weighted by atomic mass is 9.77. The van der Waals surface area contributed by atoms with Gasteiger partial charge in [0.15, 0.2) is 5.60 Å². The summed E-state index contributed by atoms with van der Waals surface area (Å²) < 4.78 is 15.7. The summed E-state index contributed by atoms with van der Waals surface area (Å²) in [5, 5.41) is 0. The summed E-state index contributed by atoms with van der Waals surface area (Å²) in [6.45, 7) is 11.3. The van der Waals surface area contributed by atoms with Crippen molar-refractivity contribution in [2.24, 2.45) is 0 Å². The first-order chi connectivity index (χ1) is 14.0. The highest BCUT2D eigenvalue weighted by Crippen LogP contribution is 2.45. The molecule has 3 heteroatoms. The molecule has 2 heterocycles. The Kier molecular flexibility index (Phi) is 5.18. The fourth-order valence-electron chi connectivity index (χ4n) is 4.79. The summed E-state index contributed by atoms with van der Waals surface area (Å²) in [5.41, 5.74) is 3.89. The van der Waals surface area contributed by atoms with Crippen LogP contribution in [0.1, 0.15) is 72.3 Å². The van der Waals surface area contributed by atoms with Crippen LogP contribution in [0.2, 0.25) is 0 Å². The SMILES string of the molecule is CCCCCc1ccc2c(c1)OC(C)(CC)C(C)(CC)[n+]1c-2oc2ccccc21. The smallest absolute Gasteiger partial charge is 0.386 e. The Balaban J connectivity index is 1.96. The molecule has 3 nitrogen and oxygen atoms in total. The van der Waals surface area contributed by atoms with Gasteiger partial charge in [-0.25, -0.2) is 0 Å². The lowest BCUT2D eigenvalue weighted by Crippen LogP contribution is -2.67. The van der Waals surface area contributed by atoms with Crippen LogP contribution in [0.5, 0.6) is 5.75 Å². The van der Waals surface area contributed by atoms with Crippen molar-refractivity contribution in [1.29, 1.82) is 0 Å².